The number of hydrogen-bond donors (Lipinski definition) is 1. The van der Waals surface area contributed by atoms with Crippen molar-refractivity contribution in [2.75, 3.05) is 20.6 Å². The van der Waals surface area contributed by atoms with Crippen LogP contribution in [0.5, 0.6) is 0 Å². The van der Waals surface area contributed by atoms with Crippen LogP contribution >= 0.6 is 0 Å². The Bertz CT molecular complexity index is 885. The van der Waals surface area contributed by atoms with E-state index in [0.29, 0.717) is 13.0 Å². The maximum atomic E-state index is 13.2. The first-order valence-corrected chi connectivity index (χ1v) is 8.70. The van der Waals surface area contributed by atoms with Gasteiger partial charge in [-0.25, -0.2) is 4.39 Å². The van der Waals surface area contributed by atoms with Gasteiger partial charge in [-0.15, -0.1) is 0 Å². The number of fused-ring (bicyclic) bond motifs is 1. The lowest BCUT2D eigenvalue weighted by atomic mass is 10.0. The van der Waals surface area contributed by atoms with Gasteiger partial charge in [-0.2, -0.15) is 0 Å². The highest BCUT2D eigenvalue weighted by Gasteiger charge is 2.16. The highest BCUT2D eigenvalue weighted by molar-refractivity contribution is 5.90. The standard InChI is InChI=1S/C22H23FN2O/c1-25(2)21(17-10-12-19(23)13-11-17)15-24-22(26)14-18-8-5-7-16-6-3-4-9-20(16)18/h3-13,21H,14-15H2,1-2H3,(H,24,26)/t21-/m0/s1. The molecule has 0 spiro atoms. The van der Waals surface area contributed by atoms with Crippen molar-refractivity contribution in [3.8, 4) is 0 Å². The third-order valence-corrected chi connectivity index (χ3v) is 4.60. The number of benzene rings is 3. The van der Waals surface area contributed by atoms with Crippen LogP contribution in [0.3, 0.4) is 0 Å². The molecule has 0 fully saturated rings. The first-order valence-electron chi connectivity index (χ1n) is 8.70. The molecule has 0 unspecified atom stereocenters. The lowest BCUT2D eigenvalue weighted by Gasteiger charge is -2.25. The zero-order valence-electron chi connectivity index (χ0n) is 15.1. The van der Waals surface area contributed by atoms with Gasteiger partial charge in [-0.3, -0.25) is 4.79 Å². The van der Waals surface area contributed by atoms with Crippen LogP contribution < -0.4 is 5.32 Å². The van der Waals surface area contributed by atoms with Gasteiger partial charge in [0, 0.05) is 6.54 Å². The Morgan fingerprint density at radius 1 is 1.00 bits per heavy atom. The largest absolute Gasteiger partial charge is 0.354 e. The topological polar surface area (TPSA) is 32.3 Å². The van der Waals surface area contributed by atoms with Gasteiger partial charge in [0.05, 0.1) is 12.5 Å². The summed E-state index contributed by atoms with van der Waals surface area (Å²) < 4.78 is 13.2. The van der Waals surface area contributed by atoms with Crippen LogP contribution in [0, 0.1) is 5.82 Å². The van der Waals surface area contributed by atoms with Crippen molar-refractivity contribution in [2.45, 2.75) is 12.5 Å². The fourth-order valence-corrected chi connectivity index (χ4v) is 3.18. The molecule has 0 aliphatic rings. The maximum Gasteiger partial charge on any atom is 0.224 e. The summed E-state index contributed by atoms with van der Waals surface area (Å²) in [5.41, 5.74) is 1.99. The highest BCUT2D eigenvalue weighted by atomic mass is 19.1. The number of nitrogens with one attached hydrogen (secondary N) is 1. The lowest BCUT2D eigenvalue weighted by Crippen LogP contribution is -2.35. The van der Waals surface area contributed by atoms with Crippen molar-refractivity contribution in [2.24, 2.45) is 0 Å². The minimum absolute atomic E-state index is 0.00734. The molecule has 0 heterocycles. The number of nitrogens with zero attached hydrogens (tertiary/aromatic N) is 1. The normalized spacial score (nSPS) is 12.3. The van der Waals surface area contributed by atoms with Crippen LogP contribution in [0.25, 0.3) is 10.8 Å². The number of carbonyl (C=O) groups excluding carboxylic acids is 1. The van der Waals surface area contributed by atoms with Crippen LogP contribution in [0.2, 0.25) is 0 Å². The van der Waals surface area contributed by atoms with Gasteiger partial charge in [-0.05, 0) is 48.1 Å². The fourth-order valence-electron chi connectivity index (χ4n) is 3.18. The molecule has 1 N–H and O–H groups in total. The minimum atomic E-state index is -0.258. The van der Waals surface area contributed by atoms with Gasteiger partial charge in [0.25, 0.3) is 0 Å². The first-order chi connectivity index (χ1) is 12.5. The molecule has 1 amide bonds. The van der Waals surface area contributed by atoms with Gasteiger partial charge < -0.3 is 10.2 Å². The van der Waals surface area contributed by atoms with E-state index >= 15 is 0 Å². The van der Waals surface area contributed by atoms with Gasteiger partial charge in [0.15, 0.2) is 0 Å². The minimum Gasteiger partial charge on any atom is -0.354 e. The summed E-state index contributed by atoms with van der Waals surface area (Å²) in [5.74, 6) is -0.276. The fraction of sp³-hybridized carbons (Fsp3) is 0.227. The second-order valence-corrected chi connectivity index (χ2v) is 6.65. The first kappa shape index (κ1) is 18.1. The van der Waals surface area contributed by atoms with E-state index in [1.54, 1.807) is 12.1 Å². The summed E-state index contributed by atoms with van der Waals surface area (Å²) in [4.78, 5) is 14.5. The number of halogens is 1. The second kappa shape index (κ2) is 8.11. The molecular weight excluding hydrogens is 327 g/mol. The Hall–Kier alpha value is -2.72. The predicted molar refractivity (Wildman–Crippen MR) is 103 cm³/mol. The molecule has 3 nitrogen and oxygen atoms in total. The molecular formula is C22H23FN2O. The predicted octanol–water partition coefficient (Wildman–Crippen LogP) is 3.94. The molecule has 0 bridgehead atoms. The van der Waals surface area contributed by atoms with E-state index in [2.05, 4.69) is 5.32 Å². The molecule has 0 aliphatic carbocycles. The Morgan fingerprint density at radius 2 is 1.69 bits per heavy atom. The molecule has 134 valence electrons. The molecule has 4 heteroatoms. The summed E-state index contributed by atoms with van der Waals surface area (Å²) in [5, 5.41) is 5.26. The molecule has 0 aliphatic heterocycles. The number of amides is 1. The molecule has 0 aromatic heterocycles. The van der Waals surface area contributed by atoms with E-state index in [9.17, 15) is 9.18 Å². The number of rotatable bonds is 6. The molecule has 3 aromatic carbocycles. The van der Waals surface area contributed by atoms with Crippen LogP contribution in [0.1, 0.15) is 17.2 Å². The molecule has 1 atom stereocenters. The molecule has 0 saturated heterocycles. The Labute approximate surface area is 153 Å². The average Bonchev–Trinajstić information content (AvgIpc) is 2.63. The SMILES string of the molecule is CN(C)[C@@H](CNC(=O)Cc1cccc2ccccc12)c1ccc(F)cc1. The van der Waals surface area contributed by atoms with Crippen molar-refractivity contribution in [3.63, 3.8) is 0 Å². The van der Waals surface area contributed by atoms with Crippen LogP contribution in [0.4, 0.5) is 4.39 Å². The average molecular weight is 350 g/mol. The third-order valence-electron chi connectivity index (χ3n) is 4.60. The monoisotopic (exact) mass is 350 g/mol. The van der Waals surface area contributed by atoms with Crippen molar-refractivity contribution in [1.82, 2.24) is 10.2 Å². The van der Waals surface area contributed by atoms with E-state index < -0.39 is 0 Å². The zero-order chi connectivity index (χ0) is 18.5. The van der Waals surface area contributed by atoms with Gasteiger partial charge in [0.2, 0.25) is 5.91 Å². The summed E-state index contributed by atoms with van der Waals surface area (Å²) in [6.07, 6.45) is 0.338. The van der Waals surface area contributed by atoms with E-state index in [0.717, 1.165) is 21.9 Å². The molecule has 3 rings (SSSR count). The highest BCUT2D eigenvalue weighted by Crippen LogP contribution is 2.20. The molecule has 0 saturated carbocycles. The van der Waals surface area contributed by atoms with E-state index in [-0.39, 0.29) is 17.8 Å². The second-order valence-electron chi connectivity index (χ2n) is 6.65. The maximum absolute atomic E-state index is 13.2. The number of carbonyl (C=O) groups is 1. The van der Waals surface area contributed by atoms with Crippen molar-refractivity contribution < 1.29 is 9.18 Å². The third kappa shape index (κ3) is 4.27. The van der Waals surface area contributed by atoms with Crippen LogP contribution in [-0.2, 0) is 11.2 Å². The summed E-state index contributed by atoms with van der Waals surface area (Å²) in [6, 6.07) is 20.5. The summed E-state index contributed by atoms with van der Waals surface area (Å²) >= 11 is 0. The van der Waals surface area contributed by atoms with Gasteiger partial charge in [-0.1, -0.05) is 54.6 Å². The number of likely N-dealkylation sites (N-methyl/N-ethyl adjacent to an activating group) is 1. The van der Waals surface area contributed by atoms with Crippen molar-refractivity contribution >= 4 is 16.7 Å². The van der Waals surface area contributed by atoms with E-state index in [4.69, 9.17) is 0 Å². The van der Waals surface area contributed by atoms with Gasteiger partial charge in [0.1, 0.15) is 5.82 Å². The summed E-state index contributed by atoms with van der Waals surface area (Å²) in [7, 11) is 3.90. The Balaban J connectivity index is 1.68. The lowest BCUT2D eigenvalue weighted by molar-refractivity contribution is -0.120. The van der Waals surface area contributed by atoms with Crippen LogP contribution in [-0.4, -0.2) is 31.4 Å². The van der Waals surface area contributed by atoms with Gasteiger partial charge >= 0.3 is 0 Å². The quantitative estimate of drug-likeness (QED) is 0.730. The Kier molecular flexibility index (Phi) is 5.64. The molecule has 26 heavy (non-hydrogen) atoms. The van der Waals surface area contributed by atoms with Crippen LogP contribution in [0.15, 0.2) is 66.7 Å². The Morgan fingerprint density at radius 3 is 2.42 bits per heavy atom. The summed E-state index contributed by atoms with van der Waals surface area (Å²) in [6.45, 7) is 0.474. The van der Waals surface area contributed by atoms with Crippen molar-refractivity contribution in [3.05, 3.63) is 83.7 Å². The zero-order valence-corrected chi connectivity index (χ0v) is 15.1. The smallest absolute Gasteiger partial charge is 0.224 e. The molecule has 3 aromatic rings. The van der Waals surface area contributed by atoms with E-state index in [1.165, 1.54) is 12.1 Å². The molecule has 0 radical (unpaired) electrons. The van der Waals surface area contributed by atoms with E-state index in [1.807, 2.05) is 61.5 Å². The number of hydrogen-bond acceptors (Lipinski definition) is 2. The van der Waals surface area contributed by atoms with Crippen molar-refractivity contribution in [1.29, 1.82) is 0 Å².